The molecule has 0 bridgehead atoms. The van der Waals surface area contributed by atoms with Gasteiger partial charge in [-0.2, -0.15) is 0 Å². The summed E-state index contributed by atoms with van der Waals surface area (Å²) in [6.45, 7) is 4.86. The van der Waals surface area contributed by atoms with Crippen LogP contribution in [0.15, 0.2) is 36.4 Å². The Kier molecular flexibility index (Phi) is 8.92. The minimum Gasteiger partial charge on any atom is -0.490 e. The molecule has 4 rings (SSSR count). The Morgan fingerprint density at radius 3 is 2.36 bits per heavy atom. The number of fused-ring (bicyclic) bond motifs is 1. The molecule has 3 fully saturated rings. The fraction of sp³-hybridized carbons (Fsp3) is 0.700. The van der Waals surface area contributed by atoms with Gasteiger partial charge in [0.2, 0.25) is 0 Å². The fourth-order valence-corrected chi connectivity index (χ4v) is 7.11. The number of allylic oxidation sites excluding steroid dienone is 1. The van der Waals surface area contributed by atoms with Gasteiger partial charge in [0.05, 0.1) is 5.92 Å². The first-order valence-corrected chi connectivity index (χ1v) is 13.7. The Morgan fingerprint density at radius 1 is 0.909 bits per heavy atom. The normalized spacial score (nSPS) is 32.3. The molecule has 0 aliphatic heterocycles. The van der Waals surface area contributed by atoms with E-state index in [1.165, 1.54) is 70.6 Å². The quantitative estimate of drug-likeness (QED) is 0.228. The number of carbonyl (C=O) groups excluding carboxylic acids is 1. The summed E-state index contributed by atoms with van der Waals surface area (Å²) in [6.07, 6.45) is 19.9. The molecule has 3 heteroatoms. The van der Waals surface area contributed by atoms with Crippen LogP contribution in [0.4, 0.5) is 0 Å². The maximum absolute atomic E-state index is 13.1. The summed E-state index contributed by atoms with van der Waals surface area (Å²) in [6, 6.07) is 7.48. The van der Waals surface area contributed by atoms with E-state index in [0.29, 0.717) is 18.3 Å². The molecule has 4 atom stereocenters. The summed E-state index contributed by atoms with van der Waals surface area (Å²) in [4.78, 5) is 13.1. The van der Waals surface area contributed by atoms with Gasteiger partial charge in [-0.1, -0.05) is 57.6 Å². The van der Waals surface area contributed by atoms with Gasteiger partial charge in [-0.3, -0.25) is 4.79 Å². The van der Waals surface area contributed by atoms with E-state index < -0.39 is 0 Å². The van der Waals surface area contributed by atoms with E-state index in [9.17, 15) is 4.79 Å². The average molecular weight is 453 g/mol. The maximum atomic E-state index is 13.1. The van der Waals surface area contributed by atoms with Crippen molar-refractivity contribution in [2.24, 2.45) is 35.5 Å². The molecule has 4 unspecified atom stereocenters. The minimum atomic E-state index is -0.00851. The first kappa shape index (κ1) is 24.4. The summed E-state index contributed by atoms with van der Waals surface area (Å²) >= 11 is 0. The number of hydrogen-bond acceptors (Lipinski definition) is 3. The highest BCUT2D eigenvalue weighted by Crippen LogP contribution is 2.50. The number of rotatable bonds is 8. The van der Waals surface area contributed by atoms with Gasteiger partial charge < -0.3 is 9.47 Å². The van der Waals surface area contributed by atoms with Crippen molar-refractivity contribution in [3.63, 3.8) is 0 Å². The molecular weight excluding hydrogens is 408 g/mol. The minimum absolute atomic E-state index is 0.00851. The van der Waals surface area contributed by atoms with Crippen molar-refractivity contribution in [3.8, 4) is 11.5 Å². The summed E-state index contributed by atoms with van der Waals surface area (Å²) < 4.78 is 11.5. The van der Waals surface area contributed by atoms with Crippen LogP contribution < -0.4 is 9.47 Å². The Morgan fingerprint density at radius 2 is 1.64 bits per heavy atom. The van der Waals surface area contributed by atoms with Crippen LogP contribution in [0.2, 0.25) is 0 Å². The highest BCUT2D eigenvalue weighted by Gasteiger charge is 2.43. The lowest BCUT2D eigenvalue weighted by Crippen LogP contribution is -2.40. The molecule has 0 amide bonds. The number of carbonyl (C=O) groups is 1. The van der Waals surface area contributed by atoms with Gasteiger partial charge in [0.15, 0.2) is 0 Å². The topological polar surface area (TPSA) is 35.5 Å². The zero-order valence-electron chi connectivity index (χ0n) is 20.8. The second-order valence-corrected chi connectivity index (χ2v) is 10.9. The van der Waals surface area contributed by atoms with Crippen molar-refractivity contribution < 1.29 is 14.3 Å². The second kappa shape index (κ2) is 12.1. The van der Waals surface area contributed by atoms with Gasteiger partial charge in [0.25, 0.3) is 0 Å². The maximum Gasteiger partial charge on any atom is 0.314 e. The van der Waals surface area contributed by atoms with E-state index in [2.05, 4.69) is 6.92 Å². The highest BCUT2D eigenvalue weighted by molar-refractivity contribution is 5.75. The summed E-state index contributed by atoms with van der Waals surface area (Å²) in [5, 5.41) is 0. The van der Waals surface area contributed by atoms with E-state index in [-0.39, 0.29) is 11.9 Å². The third kappa shape index (κ3) is 6.43. The van der Waals surface area contributed by atoms with Gasteiger partial charge in [0, 0.05) is 0 Å². The molecular formula is C30H44O3. The van der Waals surface area contributed by atoms with Crippen LogP contribution in [-0.2, 0) is 4.79 Å². The molecule has 1 aromatic carbocycles. The molecule has 1 aromatic rings. The molecule has 33 heavy (non-hydrogen) atoms. The zero-order chi connectivity index (χ0) is 23.0. The molecule has 182 valence electrons. The smallest absolute Gasteiger partial charge is 0.314 e. The third-order valence-electron chi connectivity index (χ3n) is 8.87. The molecule has 3 aliphatic carbocycles. The van der Waals surface area contributed by atoms with Gasteiger partial charge in [-0.05, 0) is 99.3 Å². The third-order valence-corrected chi connectivity index (χ3v) is 8.87. The number of ether oxygens (including phenoxy) is 2. The van der Waals surface area contributed by atoms with Gasteiger partial charge >= 0.3 is 5.97 Å². The van der Waals surface area contributed by atoms with Gasteiger partial charge in [0.1, 0.15) is 18.1 Å². The van der Waals surface area contributed by atoms with E-state index >= 15 is 0 Å². The molecule has 3 aliphatic rings. The molecule has 3 saturated carbocycles. The largest absolute Gasteiger partial charge is 0.490 e. The zero-order valence-corrected chi connectivity index (χ0v) is 20.8. The van der Waals surface area contributed by atoms with Crippen LogP contribution in [0.5, 0.6) is 11.5 Å². The molecule has 0 aromatic heterocycles. The number of esters is 1. The Bertz CT molecular complexity index is 759. The summed E-state index contributed by atoms with van der Waals surface area (Å²) in [5.41, 5.74) is 0. The van der Waals surface area contributed by atoms with Gasteiger partial charge in [-0.15, -0.1) is 0 Å². The van der Waals surface area contributed by atoms with Gasteiger partial charge in [-0.25, -0.2) is 0 Å². The van der Waals surface area contributed by atoms with Crippen LogP contribution in [0, 0.1) is 35.5 Å². The highest BCUT2D eigenvalue weighted by atomic mass is 16.5. The Balaban J connectivity index is 1.28. The Labute approximate surface area is 201 Å². The number of benzene rings is 1. The lowest BCUT2D eigenvalue weighted by molar-refractivity contribution is -0.144. The van der Waals surface area contributed by atoms with E-state index in [0.717, 1.165) is 35.8 Å². The van der Waals surface area contributed by atoms with Crippen molar-refractivity contribution in [1.29, 1.82) is 0 Å². The standard InChI is InChI=1S/C30H44O3/c1-3-5-20-32-26-15-17-27(18-16-26)33-30(31)29-9-6-8-25-21-24(14-19-28(25)29)23-12-10-22(7-4-2)11-13-23/h3,5,15-18,22-25,28-29H,4,6-14,19-21H2,1-2H3/b5-3+. The Hall–Kier alpha value is -1.77. The number of hydrogen-bond donors (Lipinski definition) is 0. The van der Waals surface area contributed by atoms with E-state index in [1.807, 2.05) is 43.3 Å². The van der Waals surface area contributed by atoms with Crippen LogP contribution in [-0.4, -0.2) is 12.6 Å². The second-order valence-electron chi connectivity index (χ2n) is 10.9. The first-order valence-electron chi connectivity index (χ1n) is 13.7. The lowest BCUT2D eigenvalue weighted by Gasteiger charge is -2.46. The van der Waals surface area contributed by atoms with Crippen LogP contribution in [0.25, 0.3) is 0 Å². The predicted octanol–water partition coefficient (Wildman–Crippen LogP) is 7.99. The SMILES string of the molecule is C/C=C/COc1ccc(OC(=O)C2CCCC3CC(C4CCC(CCC)CC4)CCC32)cc1. The van der Waals surface area contributed by atoms with E-state index in [1.54, 1.807) is 0 Å². The van der Waals surface area contributed by atoms with Crippen molar-refractivity contribution in [2.75, 3.05) is 6.61 Å². The monoisotopic (exact) mass is 452 g/mol. The average Bonchev–Trinajstić information content (AvgIpc) is 2.85. The lowest BCUT2D eigenvalue weighted by atomic mass is 9.59. The van der Waals surface area contributed by atoms with Crippen molar-refractivity contribution in [1.82, 2.24) is 0 Å². The van der Waals surface area contributed by atoms with Crippen molar-refractivity contribution in [2.45, 2.75) is 90.9 Å². The molecule has 0 N–H and O–H groups in total. The fourth-order valence-electron chi connectivity index (χ4n) is 7.11. The molecule has 0 saturated heterocycles. The summed E-state index contributed by atoms with van der Waals surface area (Å²) in [5.74, 6) is 5.60. The molecule has 0 spiro atoms. The van der Waals surface area contributed by atoms with Crippen molar-refractivity contribution >= 4 is 5.97 Å². The predicted molar refractivity (Wildman–Crippen MR) is 134 cm³/mol. The van der Waals surface area contributed by atoms with E-state index in [4.69, 9.17) is 9.47 Å². The summed E-state index contributed by atoms with van der Waals surface area (Å²) in [7, 11) is 0. The van der Waals surface area contributed by atoms with Crippen LogP contribution >= 0.6 is 0 Å². The van der Waals surface area contributed by atoms with Crippen molar-refractivity contribution in [3.05, 3.63) is 36.4 Å². The first-order chi connectivity index (χ1) is 16.2. The molecule has 3 nitrogen and oxygen atoms in total. The molecule has 0 radical (unpaired) electrons. The van der Waals surface area contributed by atoms with Crippen LogP contribution in [0.1, 0.15) is 90.9 Å². The van der Waals surface area contributed by atoms with Crippen LogP contribution in [0.3, 0.4) is 0 Å². The molecule has 0 heterocycles.